The zero-order chi connectivity index (χ0) is 10.2. The molecule has 6 heteroatoms. The monoisotopic (exact) mass is 203 g/mol. The fourth-order valence-corrected chi connectivity index (χ4v) is 1.54. The van der Waals surface area contributed by atoms with E-state index in [0.717, 1.165) is 12.1 Å². The molecule has 0 radical (unpaired) electrons. The fourth-order valence-electron chi connectivity index (χ4n) is 0.893. The summed E-state index contributed by atoms with van der Waals surface area (Å²) in [4.78, 5) is -0.529. The first-order chi connectivity index (χ1) is 5.82. The Hall–Kier alpha value is -1.27. The third-order valence-electron chi connectivity index (χ3n) is 1.63. The van der Waals surface area contributed by atoms with E-state index >= 15 is 0 Å². The van der Waals surface area contributed by atoms with Gasteiger partial charge in [-0.15, -0.1) is 0 Å². The standard InChI is InChI=1S/C7H9NO4S/c1-4-2-7(13(10,11)12)6(9)3-5(4)8/h2-3,9H,8H2,1H3,(H,10,11,12). The van der Waals surface area contributed by atoms with E-state index in [4.69, 9.17) is 15.4 Å². The van der Waals surface area contributed by atoms with Gasteiger partial charge in [0.2, 0.25) is 0 Å². The van der Waals surface area contributed by atoms with E-state index in [1.54, 1.807) is 6.92 Å². The Kier molecular flexibility index (Phi) is 2.19. The van der Waals surface area contributed by atoms with Gasteiger partial charge in [0.05, 0.1) is 0 Å². The Morgan fingerprint density at radius 2 is 1.92 bits per heavy atom. The molecule has 0 aliphatic carbocycles. The maximum Gasteiger partial charge on any atom is 0.298 e. The number of aryl methyl sites for hydroxylation is 1. The van der Waals surface area contributed by atoms with Crippen LogP contribution >= 0.6 is 0 Å². The summed E-state index contributed by atoms with van der Waals surface area (Å²) in [5, 5.41) is 9.13. The summed E-state index contributed by atoms with van der Waals surface area (Å²) in [6, 6.07) is 2.19. The maximum atomic E-state index is 10.7. The SMILES string of the molecule is Cc1cc(S(=O)(=O)O)c(O)cc1N. The summed E-state index contributed by atoms with van der Waals surface area (Å²) in [5.41, 5.74) is 6.14. The molecule has 0 aromatic heterocycles. The molecule has 0 bridgehead atoms. The lowest BCUT2D eigenvalue weighted by Gasteiger charge is -2.04. The van der Waals surface area contributed by atoms with Crippen molar-refractivity contribution < 1.29 is 18.1 Å². The van der Waals surface area contributed by atoms with Crippen molar-refractivity contribution in [3.8, 4) is 5.75 Å². The third-order valence-corrected chi connectivity index (χ3v) is 2.51. The van der Waals surface area contributed by atoms with Crippen LogP contribution in [0.1, 0.15) is 5.56 Å². The number of anilines is 1. The molecule has 0 aliphatic heterocycles. The molecule has 1 aromatic rings. The number of nitrogens with two attached hydrogens (primary N) is 1. The number of nitrogen functional groups attached to an aromatic ring is 1. The molecule has 0 amide bonds. The van der Waals surface area contributed by atoms with Crippen LogP contribution in [0.4, 0.5) is 5.69 Å². The minimum absolute atomic E-state index is 0.268. The molecule has 0 unspecified atom stereocenters. The molecule has 0 aliphatic rings. The highest BCUT2D eigenvalue weighted by Crippen LogP contribution is 2.27. The van der Waals surface area contributed by atoms with Crippen molar-refractivity contribution in [2.75, 3.05) is 5.73 Å². The van der Waals surface area contributed by atoms with Crippen molar-refractivity contribution in [3.63, 3.8) is 0 Å². The van der Waals surface area contributed by atoms with Crippen LogP contribution < -0.4 is 5.73 Å². The van der Waals surface area contributed by atoms with Crippen LogP contribution in [0.2, 0.25) is 0 Å². The van der Waals surface area contributed by atoms with E-state index in [0.29, 0.717) is 5.56 Å². The van der Waals surface area contributed by atoms with Gasteiger partial charge >= 0.3 is 0 Å². The Morgan fingerprint density at radius 3 is 2.38 bits per heavy atom. The molecule has 0 spiro atoms. The van der Waals surface area contributed by atoms with Crippen molar-refractivity contribution >= 4 is 15.8 Å². The van der Waals surface area contributed by atoms with Crippen LogP contribution in [0.3, 0.4) is 0 Å². The molecule has 0 fully saturated rings. The Morgan fingerprint density at radius 1 is 1.38 bits per heavy atom. The van der Waals surface area contributed by atoms with E-state index in [-0.39, 0.29) is 5.69 Å². The summed E-state index contributed by atoms with van der Waals surface area (Å²) in [6.07, 6.45) is 0. The number of phenolic OH excluding ortho intramolecular Hbond substituents is 1. The van der Waals surface area contributed by atoms with E-state index < -0.39 is 20.8 Å². The Balaban J connectivity index is 3.50. The molecule has 72 valence electrons. The summed E-state index contributed by atoms with van der Waals surface area (Å²) >= 11 is 0. The molecule has 1 aromatic carbocycles. The first-order valence-electron chi connectivity index (χ1n) is 3.39. The topological polar surface area (TPSA) is 101 Å². The van der Waals surface area contributed by atoms with E-state index in [2.05, 4.69) is 0 Å². The summed E-state index contributed by atoms with van der Waals surface area (Å²) in [7, 11) is -4.38. The molecular formula is C7H9NO4S. The lowest BCUT2D eigenvalue weighted by Crippen LogP contribution is -2.00. The van der Waals surface area contributed by atoms with Crippen molar-refractivity contribution in [3.05, 3.63) is 17.7 Å². The number of benzene rings is 1. The first-order valence-corrected chi connectivity index (χ1v) is 4.83. The van der Waals surface area contributed by atoms with E-state index in [9.17, 15) is 8.42 Å². The molecule has 0 saturated heterocycles. The van der Waals surface area contributed by atoms with Gasteiger partial charge < -0.3 is 10.8 Å². The predicted molar refractivity (Wildman–Crippen MR) is 47.1 cm³/mol. The van der Waals surface area contributed by atoms with Gasteiger partial charge in [-0.3, -0.25) is 4.55 Å². The van der Waals surface area contributed by atoms with E-state index in [1.165, 1.54) is 0 Å². The van der Waals surface area contributed by atoms with Gasteiger partial charge in [0.15, 0.2) is 0 Å². The number of hydrogen-bond donors (Lipinski definition) is 3. The lowest BCUT2D eigenvalue weighted by molar-refractivity contribution is 0.443. The molecule has 13 heavy (non-hydrogen) atoms. The van der Waals surface area contributed by atoms with Crippen LogP contribution in [0, 0.1) is 6.92 Å². The quantitative estimate of drug-likeness (QED) is 0.456. The average molecular weight is 203 g/mol. The zero-order valence-electron chi connectivity index (χ0n) is 6.85. The second-order valence-electron chi connectivity index (χ2n) is 2.65. The van der Waals surface area contributed by atoms with Crippen LogP contribution in [-0.2, 0) is 10.1 Å². The average Bonchev–Trinajstić information content (AvgIpc) is 1.94. The van der Waals surface area contributed by atoms with Gasteiger partial charge in [-0.05, 0) is 18.6 Å². The van der Waals surface area contributed by atoms with Gasteiger partial charge in [-0.2, -0.15) is 8.42 Å². The molecule has 0 atom stereocenters. The number of hydrogen-bond acceptors (Lipinski definition) is 4. The second-order valence-corrected chi connectivity index (χ2v) is 4.04. The normalized spacial score (nSPS) is 11.5. The fraction of sp³-hybridized carbons (Fsp3) is 0.143. The highest BCUT2D eigenvalue weighted by atomic mass is 32.2. The number of phenols is 1. The molecule has 0 saturated carbocycles. The van der Waals surface area contributed by atoms with E-state index in [1.807, 2.05) is 0 Å². The Labute approximate surface area is 75.6 Å². The van der Waals surface area contributed by atoms with Gasteiger partial charge in [0.25, 0.3) is 10.1 Å². The summed E-state index contributed by atoms with van der Waals surface area (Å²) in [5.74, 6) is -0.550. The lowest BCUT2D eigenvalue weighted by atomic mass is 10.2. The van der Waals surface area contributed by atoms with Gasteiger partial charge in [0.1, 0.15) is 10.6 Å². The molecular weight excluding hydrogens is 194 g/mol. The minimum atomic E-state index is -4.38. The predicted octanol–water partition coefficient (Wildman–Crippen LogP) is 0.530. The van der Waals surface area contributed by atoms with Crippen LogP contribution in [-0.4, -0.2) is 18.1 Å². The van der Waals surface area contributed by atoms with Crippen LogP contribution in [0.5, 0.6) is 5.75 Å². The van der Waals surface area contributed by atoms with Gasteiger partial charge in [-0.25, -0.2) is 0 Å². The zero-order valence-corrected chi connectivity index (χ0v) is 7.67. The van der Waals surface area contributed by atoms with Crippen LogP contribution in [0.25, 0.3) is 0 Å². The molecule has 4 N–H and O–H groups in total. The van der Waals surface area contributed by atoms with Crippen molar-refractivity contribution in [1.29, 1.82) is 0 Å². The highest BCUT2D eigenvalue weighted by Gasteiger charge is 2.16. The minimum Gasteiger partial charge on any atom is -0.506 e. The van der Waals surface area contributed by atoms with Crippen molar-refractivity contribution in [2.45, 2.75) is 11.8 Å². The molecule has 0 heterocycles. The second kappa shape index (κ2) is 2.90. The van der Waals surface area contributed by atoms with Gasteiger partial charge in [0, 0.05) is 11.8 Å². The smallest absolute Gasteiger partial charge is 0.298 e. The Bertz CT molecular complexity index is 438. The molecule has 5 nitrogen and oxygen atoms in total. The highest BCUT2D eigenvalue weighted by molar-refractivity contribution is 7.86. The first kappa shape index (κ1) is 9.82. The summed E-state index contributed by atoms with van der Waals surface area (Å²) < 4.78 is 30.0. The van der Waals surface area contributed by atoms with Gasteiger partial charge in [-0.1, -0.05) is 0 Å². The maximum absolute atomic E-state index is 10.7. The van der Waals surface area contributed by atoms with Crippen LogP contribution in [0.15, 0.2) is 17.0 Å². The number of rotatable bonds is 1. The summed E-state index contributed by atoms with van der Waals surface area (Å²) in [6.45, 7) is 1.57. The van der Waals surface area contributed by atoms with Crippen molar-refractivity contribution in [1.82, 2.24) is 0 Å². The third kappa shape index (κ3) is 1.90. The van der Waals surface area contributed by atoms with Crippen molar-refractivity contribution in [2.24, 2.45) is 0 Å². The number of aromatic hydroxyl groups is 1. The molecule has 1 rings (SSSR count). The largest absolute Gasteiger partial charge is 0.506 e.